The van der Waals surface area contributed by atoms with Crippen molar-refractivity contribution in [3.05, 3.63) is 23.3 Å². The van der Waals surface area contributed by atoms with Gasteiger partial charge in [0.1, 0.15) is 5.75 Å². The predicted octanol–water partition coefficient (Wildman–Crippen LogP) is -1.28. The molecule has 0 heterocycles. The van der Waals surface area contributed by atoms with E-state index in [1.807, 2.05) is 0 Å². The van der Waals surface area contributed by atoms with Crippen molar-refractivity contribution in [1.82, 2.24) is 0 Å². The van der Waals surface area contributed by atoms with E-state index in [2.05, 4.69) is 4.18 Å². The van der Waals surface area contributed by atoms with Crippen LogP contribution in [0.25, 0.3) is 0 Å². The average molecular weight is 409 g/mol. The van der Waals surface area contributed by atoms with Crippen molar-refractivity contribution in [3.8, 4) is 5.75 Å². The van der Waals surface area contributed by atoms with Gasteiger partial charge in [0.15, 0.2) is 0 Å². The molecule has 5 nitrogen and oxygen atoms in total. The summed E-state index contributed by atoms with van der Waals surface area (Å²) in [6.07, 6.45) is 0. The Bertz CT molecular complexity index is 765. The van der Waals surface area contributed by atoms with E-state index in [0.717, 1.165) is 6.92 Å². The number of benzene rings is 1. The van der Waals surface area contributed by atoms with Crippen molar-refractivity contribution < 1.29 is 89.2 Å². The summed E-state index contributed by atoms with van der Waals surface area (Å²) >= 11 is 0. The van der Waals surface area contributed by atoms with Gasteiger partial charge in [0, 0.05) is 10.7 Å². The largest absolute Gasteiger partial charge is 1.00 e. The molecule has 0 spiro atoms. The van der Waals surface area contributed by atoms with Crippen molar-refractivity contribution in [2.45, 2.75) is 12.7 Å². The minimum atomic E-state index is -5.60. The molecule has 1 aromatic rings. The minimum Gasteiger partial charge on any atom is -0.445 e. The van der Waals surface area contributed by atoms with Crippen LogP contribution in [-0.2, 0) is 25.3 Å². The molecule has 0 atom stereocenters. The quantitative estimate of drug-likeness (QED) is 0.344. The van der Waals surface area contributed by atoms with Crippen LogP contribution in [0.1, 0.15) is 11.1 Å². The van der Waals surface area contributed by atoms with Gasteiger partial charge in [-0.05, 0) is 24.1 Å². The molecule has 0 amide bonds. The van der Waals surface area contributed by atoms with E-state index in [-0.39, 0.29) is 51.4 Å². The summed E-state index contributed by atoms with van der Waals surface area (Å²) < 4.78 is 97.5. The second-order valence-corrected chi connectivity index (χ2v) is 7.77. The molecule has 0 unspecified atom stereocenters. The number of hydrogen-bond donors (Lipinski definition) is 0. The van der Waals surface area contributed by atoms with Gasteiger partial charge in [-0.25, -0.2) is 8.42 Å². The van der Waals surface area contributed by atoms with Gasteiger partial charge in [-0.15, -0.1) is 5.46 Å². The molecular formula is C8H7BClF4KO5S2. The maximum atomic E-state index is 12.9. The van der Waals surface area contributed by atoms with Crippen LogP contribution in [0, 0.1) is 6.92 Å². The summed E-state index contributed by atoms with van der Waals surface area (Å²) in [5.74, 6) is -1.96. The molecule has 0 aliphatic carbocycles. The Morgan fingerprint density at radius 2 is 1.68 bits per heavy atom. The number of hydrogen-bond acceptors (Lipinski definition) is 5. The Morgan fingerprint density at radius 1 is 1.18 bits per heavy atom. The first-order chi connectivity index (χ1) is 9.19. The molecule has 22 heavy (non-hydrogen) atoms. The van der Waals surface area contributed by atoms with Gasteiger partial charge in [0.25, 0.3) is 0 Å². The third kappa shape index (κ3) is 7.47. The van der Waals surface area contributed by atoms with Gasteiger partial charge in [-0.3, -0.25) is 0 Å². The van der Waals surface area contributed by atoms with Crippen LogP contribution in [0.2, 0.25) is 0 Å². The van der Waals surface area contributed by atoms with E-state index >= 15 is 0 Å². The van der Waals surface area contributed by atoms with Crippen LogP contribution in [0.15, 0.2) is 12.1 Å². The molecule has 14 heteroatoms. The van der Waals surface area contributed by atoms with Crippen LogP contribution in [-0.4, -0.2) is 23.8 Å². The standard InChI is InChI=1S/C8H7BClF4O5S2.K/c1-5-7(9(11,12)13)2-6(4-20(10,15)16)3-8(5)19-21(14,17)18;/h2-3H,4H2,1H3;/q-1;+1. The van der Waals surface area contributed by atoms with Gasteiger partial charge in [0.05, 0.1) is 5.75 Å². The molecule has 0 bridgehead atoms. The van der Waals surface area contributed by atoms with Crippen LogP contribution in [0.4, 0.5) is 16.8 Å². The Hall–Kier alpha value is 0.631. The van der Waals surface area contributed by atoms with Gasteiger partial charge in [-0.1, -0.05) is 9.95 Å². The first-order valence-corrected chi connectivity index (χ1v) is 8.87. The third-order valence-electron chi connectivity index (χ3n) is 2.34. The molecule has 0 fully saturated rings. The second kappa shape index (κ2) is 7.68. The molecule has 0 radical (unpaired) electrons. The summed E-state index contributed by atoms with van der Waals surface area (Å²) in [6.45, 7) is -4.73. The first-order valence-electron chi connectivity index (χ1n) is 5.09. The maximum absolute atomic E-state index is 12.9. The fourth-order valence-electron chi connectivity index (χ4n) is 1.58. The predicted molar refractivity (Wildman–Crippen MR) is 69.0 cm³/mol. The van der Waals surface area contributed by atoms with E-state index in [4.69, 9.17) is 10.7 Å². The van der Waals surface area contributed by atoms with E-state index < -0.39 is 54.6 Å². The Labute approximate surface area is 171 Å². The summed E-state index contributed by atoms with van der Waals surface area (Å²) in [5.41, 5.74) is -2.46. The molecule has 1 aromatic carbocycles. The van der Waals surface area contributed by atoms with Gasteiger partial charge >= 0.3 is 68.9 Å². The van der Waals surface area contributed by atoms with Gasteiger partial charge < -0.3 is 17.1 Å². The molecule has 0 aromatic heterocycles. The summed E-state index contributed by atoms with van der Waals surface area (Å²) in [6, 6.07) is 1.16. The molecule has 0 N–H and O–H groups in total. The van der Waals surface area contributed by atoms with Crippen LogP contribution < -0.4 is 61.0 Å². The molecule has 0 aliphatic rings. The fraction of sp³-hybridized carbons (Fsp3) is 0.250. The first kappa shape index (κ1) is 22.6. The third-order valence-corrected chi connectivity index (χ3v) is 3.73. The van der Waals surface area contributed by atoms with Crippen molar-refractivity contribution in [3.63, 3.8) is 0 Å². The van der Waals surface area contributed by atoms with Gasteiger partial charge in [-0.2, -0.15) is 8.42 Å². The fourth-order valence-corrected chi connectivity index (χ4v) is 2.92. The van der Waals surface area contributed by atoms with Crippen LogP contribution in [0.5, 0.6) is 5.75 Å². The minimum absolute atomic E-state index is 0. The van der Waals surface area contributed by atoms with Crippen molar-refractivity contribution >= 4 is 42.7 Å². The summed E-state index contributed by atoms with van der Waals surface area (Å²) in [5, 5.41) is 0. The van der Waals surface area contributed by atoms with Crippen molar-refractivity contribution in [2.75, 3.05) is 0 Å². The Kier molecular flexibility index (Phi) is 7.90. The second-order valence-electron chi connectivity index (χ2n) is 4.04. The SMILES string of the molecule is Cc1c(OS(=O)(=O)F)cc(CS(=O)(=O)Cl)cc1[B-](F)(F)F.[K+]. The molecule has 1 rings (SSSR count). The van der Waals surface area contributed by atoms with Gasteiger partial charge in [0.2, 0.25) is 9.05 Å². The zero-order chi connectivity index (χ0) is 16.6. The van der Waals surface area contributed by atoms with Crippen LogP contribution >= 0.6 is 10.7 Å². The zero-order valence-electron chi connectivity index (χ0n) is 11.2. The molecule has 0 saturated carbocycles. The molecule has 0 saturated heterocycles. The molecular weight excluding hydrogens is 402 g/mol. The smallest absolute Gasteiger partial charge is 0.445 e. The Morgan fingerprint density at radius 3 is 2.05 bits per heavy atom. The Balaban J connectivity index is 0.00000441. The normalized spacial score (nSPS) is 12.6. The van der Waals surface area contributed by atoms with Crippen molar-refractivity contribution in [1.29, 1.82) is 0 Å². The van der Waals surface area contributed by atoms with E-state index in [1.165, 1.54) is 0 Å². The summed E-state index contributed by atoms with van der Waals surface area (Å²) in [7, 11) is -4.84. The maximum Gasteiger partial charge on any atom is 1.00 e. The molecule has 120 valence electrons. The van der Waals surface area contributed by atoms with Crippen molar-refractivity contribution in [2.24, 2.45) is 0 Å². The van der Waals surface area contributed by atoms with E-state index in [0.29, 0.717) is 12.1 Å². The summed E-state index contributed by atoms with van der Waals surface area (Å²) in [4.78, 5) is 0. The number of rotatable bonds is 5. The zero-order valence-corrected chi connectivity index (χ0v) is 16.7. The van der Waals surface area contributed by atoms with Crippen LogP contribution in [0.3, 0.4) is 0 Å². The monoisotopic (exact) mass is 408 g/mol. The number of halogens is 5. The molecule has 0 aliphatic heterocycles. The van der Waals surface area contributed by atoms with E-state index in [1.54, 1.807) is 0 Å². The van der Waals surface area contributed by atoms with E-state index in [9.17, 15) is 33.7 Å². The average Bonchev–Trinajstić information content (AvgIpc) is 2.16. The topological polar surface area (TPSA) is 77.5 Å².